The van der Waals surface area contributed by atoms with E-state index < -0.39 is 0 Å². The zero-order valence-corrected chi connectivity index (χ0v) is 13.3. The first-order valence-corrected chi connectivity index (χ1v) is 8.18. The number of rotatable bonds is 6. The predicted molar refractivity (Wildman–Crippen MR) is 86.8 cm³/mol. The van der Waals surface area contributed by atoms with Gasteiger partial charge in [-0.15, -0.1) is 0 Å². The number of nitrogens with zero attached hydrogens (tertiary/aromatic N) is 1. The van der Waals surface area contributed by atoms with E-state index >= 15 is 0 Å². The van der Waals surface area contributed by atoms with Crippen LogP contribution in [0.1, 0.15) is 56.7 Å². The van der Waals surface area contributed by atoms with Crippen molar-refractivity contribution in [1.29, 1.82) is 0 Å². The standard InChI is InChI=1S/C18H30N2/c1-4-6-15-9-11-16(12-10-15)14(2)20(3)18-8-5-7-17(18)13-19/h9-12,14,17-18H,4-8,13,19H2,1-3H3. The molecule has 0 saturated heterocycles. The maximum absolute atomic E-state index is 5.93. The Morgan fingerprint density at radius 3 is 2.55 bits per heavy atom. The Labute approximate surface area is 124 Å². The fourth-order valence-corrected chi connectivity index (χ4v) is 3.60. The molecule has 0 heterocycles. The summed E-state index contributed by atoms with van der Waals surface area (Å²) >= 11 is 0. The van der Waals surface area contributed by atoms with Crippen LogP contribution in [0.5, 0.6) is 0 Å². The fourth-order valence-electron chi connectivity index (χ4n) is 3.60. The largest absolute Gasteiger partial charge is 0.330 e. The number of hydrogen-bond acceptors (Lipinski definition) is 2. The third-order valence-corrected chi connectivity index (χ3v) is 5.06. The Hall–Kier alpha value is -0.860. The van der Waals surface area contributed by atoms with E-state index in [1.165, 1.54) is 43.2 Å². The second kappa shape index (κ2) is 7.24. The topological polar surface area (TPSA) is 29.3 Å². The van der Waals surface area contributed by atoms with Crippen molar-refractivity contribution in [1.82, 2.24) is 4.90 Å². The third kappa shape index (κ3) is 3.42. The van der Waals surface area contributed by atoms with Gasteiger partial charge in [0.15, 0.2) is 0 Å². The minimum Gasteiger partial charge on any atom is -0.330 e. The molecule has 0 radical (unpaired) electrons. The molecule has 0 aliphatic heterocycles. The summed E-state index contributed by atoms with van der Waals surface area (Å²) in [5.74, 6) is 0.682. The van der Waals surface area contributed by atoms with Gasteiger partial charge in [-0.2, -0.15) is 0 Å². The van der Waals surface area contributed by atoms with E-state index in [-0.39, 0.29) is 0 Å². The second-order valence-corrected chi connectivity index (χ2v) is 6.33. The van der Waals surface area contributed by atoms with Gasteiger partial charge in [0.1, 0.15) is 0 Å². The highest BCUT2D eigenvalue weighted by Crippen LogP contribution is 2.33. The molecular formula is C18H30N2. The number of hydrogen-bond donors (Lipinski definition) is 1. The van der Waals surface area contributed by atoms with Crippen molar-refractivity contribution in [3.05, 3.63) is 35.4 Å². The second-order valence-electron chi connectivity index (χ2n) is 6.33. The zero-order valence-electron chi connectivity index (χ0n) is 13.3. The van der Waals surface area contributed by atoms with Gasteiger partial charge in [0.2, 0.25) is 0 Å². The van der Waals surface area contributed by atoms with Crippen molar-refractivity contribution < 1.29 is 0 Å². The zero-order chi connectivity index (χ0) is 14.5. The molecule has 1 aromatic rings. The molecule has 1 fully saturated rings. The van der Waals surface area contributed by atoms with Gasteiger partial charge >= 0.3 is 0 Å². The highest BCUT2D eigenvalue weighted by molar-refractivity contribution is 5.25. The molecule has 2 heteroatoms. The van der Waals surface area contributed by atoms with Crippen LogP contribution in [-0.2, 0) is 6.42 Å². The molecule has 20 heavy (non-hydrogen) atoms. The van der Waals surface area contributed by atoms with Gasteiger partial charge in [-0.1, -0.05) is 44.0 Å². The van der Waals surface area contributed by atoms with Gasteiger partial charge < -0.3 is 5.73 Å². The molecule has 2 rings (SSSR count). The molecule has 0 aromatic heterocycles. The van der Waals surface area contributed by atoms with Crippen LogP contribution >= 0.6 is 0 Å². The quantitative estimate of drug-likeness (QED) is 0.856. The van der Waals surface area contributed by atoms with E-state index in [1.54, 1.807) is 0 Å². The van der Waals surface area contributed by atoms with Gasteiger partial charge in [-0.3, -0.25) is 4.90 Å². The number of nitrogens with two attached hydrogens (primary N) is 1. The van der Waals surface area contributed by atoms with Crippen LogP contribution in [0, 0.1) is 5.92 Å². The molecule has 2 nitrogen and oxygen atoms in total. The lowest BCUT2D eigenvalue weighted by atomic mass is 9.98. The lowest BCUT2D eigenvalue weighted by molar-refractivity contribution is 0.152. The summed E-state index contributed by atoms with van der Waals surface area (Å²) in [6.45, 7) is 5.38. The molecule has 1 aliphatic carbocycles. The van der Waals surface area contributed by atoms with Crippen LogP contribution in [-0.4, -0.2) is 24.5 Å². The minimum absolute atomic E-state index is 0.475. The molecule has 112 valence electrons. The molecule has 0 amide bonds. The van der Waals surface area contributed by atoms with Crippen molar-refractivity contribution in [3.8, 4) is 0 Å². The lowest BCUT2D eigenvalue weighted by Crippen LogP contribution is -2.39. The predicted octanol–water partition coefficient (Wildman–Crippen LogP) is 3.76. The average molecular weight is 274 g/mol. The highest BCUT2D eigenvalue weighted by atomic mass is 15.2. The fraction of sp³-hybridized carbons (Fsp3) is 0.667. The van der Waals surface area contributed by atoms with Crippen LogP contribution < -0.4 is 5.73 Å². The van der Waals surface area contributed by atoms with Gasteiger partial charge in [-0.05, 0) is 56.8 Å². The highest BCUT2D eigenvalue weighted by Gasteiger charge is 2.31. The van der Waals surface area contributed by atoms with Crippen LogP contribution in [0.3, 0.4) is 0 Å². The van der Waals surface area contributed by atoms with Crippen molar-refractivity contribution in [2.24, 2.45) is 11.7 Å². The van der Waals surface area contributed by atoms with Crippen LogP contribution in [0.2, 0.25) is 0 Å². The summed E-state index contributed by atoms with van der Waals surface area (Å²) in [6, 6.07) is 10.3. The molecule has 1 aromatic carbocycles. The molecule has 0 bridgehead atoms. The molecule has 1 aliphatic rings. The Balaban J connectivity index is 2.04. The minimum atomic E-state index is 0.475. The normalized spacial score (nSPS) is 24.2. The molecule has 1 saturated carbocycles. The maximum atomic E-state index is 5.93. The molecule has 3 atom stereocenters. The van der Waals surface area contributed by atoms with Gasteiger partial charge in [0.05, 0.1) is 0 Å². The van der Waals surface area contributed by atoms with Crippen molar-refractivity contribution in [3.63, 3.8) is 0 Å². The molecular weight excluding hydrogens is 244 g/mol. The van der Waals surface area contributed by atoms with E-state index in [1.807, 2.05) is 0 Å². The summed E-state index contributed by atoms with van der Waals surface area (Å²) in [7, 11) is 2.27. The van der Waals surface area contributed by atoms with Gasteiger partial charge in [-0.25, -0.2) is 0 Å². The smallest absolute Gasteiger partial charge is 0.0319 e. The van der Waals surface area contributed by atoms with E-state index in [0.717, 1.165) is 6.54 Å². The third-order valence-electron chi connectivity index (χ3n) is 5.06. The monoisotopic (exact) mass is 274 g/mol. The number of benzene rings is 1. The molecule has 0 spiro atoms. The first-order valence-electron chi connectivity index (χ1n) is 8.18. The van der Waals surface area contributed by atoms with Crippen molar-refractivity contribution in [2.45, 2.75) is 58.0 Å². The Kier molecular flexibility index (Phi) is 5.62. The SMILES string of the molecule is CCCc1ccc(C(C)N(C)C2CCCC2CN)cc1. The summed E-state index contributed by atoms with van der Waals surface area (Å²) in [4.78, 5) is 2.54. The van der Waals surface area contributed by atoms with Crippen molar-refractivity contribution >= 4 is 0 Å². The lowest BCUT2D eigenvalue weighted by Gasteiger charge is -2.34. The molecule has 3 unspecified atom stereocenters. The number of aryl methyl sites for hydroxylation is 1. The van der Waals surface area contributed by atoms with Gasteiger partial charge in [0, 0.05) is 12.1 Å². The van der Waals surface area contributed by atoms with E-state index in [2.05, 4.69) is 50.1 Å². The van der Waals surface area contributed by atoms with Crippen molar-refractivity contribution in [2.75, 3.05) is 13.6 Å². The summed E-state index contributed by atoms with van der Waals surface area (Å²) in [6.07, 6.45) is 6.33. The van der Waals surface area contributed by atoms with Crippen LogP contribution in [0.4, 0.5) is 0 Å². The van der Waals surface area contributed by atoms with E-state index in [0.29, 0.717) is 18.0 Å². The summed E-state index contributed by atoms with van der Waals surface area (Å²) in [5.41, 5.74) is 8.80. The first kappa shape index (κ1) is 15.5. The maximum Gasteiger partial charge on any atom is 0.0319 e. The first-order chi connectivity index (χ1) is 9.67. The average Bonchev–Trinajstić information content (AvgIpc) is 2.95. The Bertz CT molecular complexity index is 398. The summed E-state index contributed by atoms with van der Waals surface area (Å²) in [5, 5.41) is 0. The Morgan fingerprint density at radius 2 is 1.95 bits per heavy atom. The van der Waals surface area contributed by atoms with Gasteiger partial charge in [0.25, 0.3) is 0 Å². The van der Waals surface area contributed by atoms with E-state index in [9.17, 15) is 0 Å². The van der Waals surface area contributed by atoms with Crippen LogP contribution in [0.25, 0.3) is 0 Å². The van der Waals surface area contributed by atoms with Crippen LogP contribution in [0.15, 0.2) is 24.3 Å². The Morgan fingerprint density at radius 1 is 1.25 bits per heavy atom. The summed E-state index contributed by atoms with van der Waals surface area (Å²) < 4.78 is 0. The van der Waals surface area contributed by atoms with E-state index in [4.69, 9.17) is 5.73 Å². The molecule has 2 N–H and O–H groups in total.